The van der Waals surface area contributed by atoms with Gasteiger partial charge >= 0.3 is 0 Å². The molecule has 22 heavy (non-hydrogen) atoms. The number of likely N-dealkylation sites (tertiary alicyclic amines) is 1. The molecule has 1 fully saturated rings. The van der Waals surface area contributed by atoms with Crippen molar-refractivity contribution in [3.05, 3.63) is 71.8 Å². The van der Waals surface area contributed by atoms with Gasteiger partial charge in [0.1, 0.15) is 0 Å². The molecule has 0 amide bonds. The number of benzene rings is 2. The van der Waals surface area contributed by atoms with E-state index < -0.39 is 0 Å². The summed E-state index contributed by atoms with van der Waals surface area (Å²) in [5.41, 5.74) is 2.76. The third-order valence-electron chi connectivity index (χ3n) is 4.36. The molecule has 0 atom stereocenters. The van der Waals surface area contributed by atoms with Crippen LogP contribution in [0.15, 0.2) is 60.7 Å². The molecule has 1 aliphatic rings. The van der Waals surface area contributed by atoms with Crippen LogP contribution in [0.2, 0.25) is 0 Å². The van der Waals surface area contributed by atoms with Gasteiger partial charge in [0, 0.05) is 25.2 Å². The summed E-state index contributed by atoms with van der Waals surface area (Å²) >= 11 is 0. The standard InChI is InChI=1S/C19H24N2O/c1-19(20-12-13-22)14-21(15-19)18(16-8-4-2-5-9-16)17-10-6-3-7-11-17/h2-11,18,20,22H,12-15H2,1H3. The summed E-state index contributed by atoms with van der Waals surface area (Å²) < 4.78 is 0. The number of hydrogen-bond donors (Lipinski definition) is 2. The van der Waals surface area contributed by atoms with Gasteiger partial charge in [-0.2, -0.15) is 0 Å². The first-order chi connectivity index (χ1) is 10.7. The zero-order valence-electron chi connectivity index (χ0n) is 13.1. The van der Waals surface area contributed by atoms with Gasteiger partial charge in [0.25, 0.3) is 0 Å². The van der Waals surface area contributed by atoms with Gasteiger partial charge in [-0.15, -0.1) is 0 Å². The molecule has 2 aromatic rings. The summed E-state index contributed by atoms with van der Waals surface area (Å²) in [6.07, 6.45) is 0. The Morgan fingerprint density at radius 2 is 1.50 bits per heavy atom. The number of rotatable bonds is 6. The van der Waals surface area contributed by atoms with Crippen LogP contribution in [-0.4, -0.2) is 41.8 Å². The van der Waals surface area contributed by atoms with Crippen molar-refractivity contribution in [2.24, 2.45) is 0 Å². The van der Waals surface area contributed by atoms with E-state index in [1.54, 1.807) is 0 Å². The molecule has 0 radical (unpaired) electrons. The van der Waals surface area contributed by atoms with Crippen molar-refractivity contribution in [1.82, 2.24) is 10.2 Å². The molecule has 3 nitrogen and oxygen atoms in total. The van der Waals surface area contributed by atoms with E-state index in [2.05, 4.69) is 77.8 Å². The molecular weight excluding hydrogens is 272 g/mol. The Morgan fingerprint density at radius 1 is 1.00 bits per heavy atom. The third-order valence-corrected chi connectivity index (χ3v) is 4.36. The lowest BCUT2D eigenvalue weighted by Crippen LogP contribution is -2.68. The van der Waals surface area contributed by atoms with Crippen molar-refractivity contribution >= 4 is 0 Å². The molecule has 116 valence electrons. The minimum Gasteiger partial charge on any atom is -0.395 e. The first kappa shape index (κ1) is 15.2. The molecule has 3 heteroatoms. The zero-order chi connectivity index (χ0) is 15.4. The van der Waals surface area contributed by atoms with Crippen molar-refractivity contribution in [2.75, 3.05) is 26.2 Å². The quantitative estimate of drug-likeness (QED) is 0.859. The van der Waals surface area contributed by atoms with Crippen molar-refractivity contribution in [3.63, 3.8) is 0 Å². The van der Waals surface area contributed by atoms with Gasteiger partial charge in [-0.25, -0.2) is 0 Å². The molecule has 3 rings (SSSR count). The number of aliphatic hydroxyl groups excluding tert-OH is 1. The minimum atomic E-state index is 0.102. The highest BCUT2D eigenvalue weighted by molar-refractivity contribution is 5.33. The van der Waals surface area contributed by atoms with Gasteiger partial charge in [-0.3, -0.25) is 4.90 Å². The summed E-state index contributed by atoms with van der Waals surface area (Å²) in [6.45, 7) is 5.05. The molecule has 0 saturated carbocycles. The van der Waals surface area contributed by atoms with Crippen molar-refractivity contribution in [1.29, 1.82) is 0 Å². The van der Waals surface area contributed by atoms with Crippen LogP contribution in [0.3, 0.4) is 0 Å². The molecule has 2 N–H and O–H groups in total. The fourth-order valence-electron chi connectivity index (χ4n) is 3.39. The predicted octanol–water partition coefficient (Wildman–Crippen LogP) is 2.43. The second kappa shape index (κ2) is 6.61. The lowest BCUT2D eigenvalue weighted by Gasteiger charge is -2.52. The average Bonchev–Trinajstić information content (AvgIpc) is 2.54. The number of nitrogens with zero attached hydrogens (tertiary/aromatic N) is 1. The smallest absolute Gasteiger partial charge is 0.0603 e. The SMILES string of the molecule is CC1(NCCO)CN(C(c2ccccc2)c2ccccc2)C1. The van der Waals surface area contributed by atoms with Crippen molar-refractivity contribution < 1.29 is 5.11 Å². The first-order valence-corrected chi connectivity index (χ1v) is 7.92. The normalized spacial score (nSPS) is 17.4. The van der Waals surface area contributed by atoms with Crippen LogP contribution in [0.1, 0.15) is 24.1 Å². The van der Waals surface area contributed by atoms with Crippen LogP contribution >= 0.6 is 0 Å². The van der Waals surface area contributed by atoms with E-state index in [0.717, 1.165) is 13.1 Å². The minimum absolute atomic E-state index is 0.102. The topological polar surface area (TPSA) is 35.5 Å². The Balaban J connectivity index is 1.80. The van der Waals surface area contributed by atoms with Crippen LogP contribution in [0, 0.1) is 0 Å². The van der Waals surface area contributed by atoms with Crippen LogP contribution in [0.25, 0.3) is 0 Å². The van der Waals surface area contributed by atoms with E-state index in [9.17, 15) is 0 Å². The summed E-state index contributed by atoms with van der Waals surface area (Å²) in [5, 5.41) is 12.4. The van der Waals surface area contributed by atoms with E-state index in [1.807, 2.05) is 0 Å². The molecule has 1 saturated heterocycles. The Bertz CT molecular complexity index is 539. The molecule has 1 heterocycles. The highest BCUT2D eigenvalue weighted by atomic mass is 16.3. The molecule has 2 aromatic carbocycles. The van der Waals surface area contributed by atoms with Crippen LogP contribution < -0.4 is 5.32 Å². The second-order valence-electron chi connectivity index (χ2n) is 6.34. The highest BCUT2D eigenvalue weighted by Gasteiger charge is 2.42. The second-order valence-corrected chi connectivity index (χ2v) is 6.34. The van der Waals surface area contributed by atoms with Gasteiger partial charge < -0.3 is 10.4 Å². The fraction of sp³-hybridized carbons (Fsp3) is 0.368. The van der Waals surface area contributed by atoms with Gasteiger partial charge in [0.2, 0.25) is 0 Å². The van der Waals surface area contributed by atoms with Gasteiger partial charge in [-0.05, 0) is 18.1 Å². The molecule has 0 aromatic heterocycles. The molecule has 0 unspecified atom stereocenters. The summed E-state index contributed by atoms with van der Waals surface area (Å²) in [5.74, 6) is 0. The maximum absolute atomic E-state index is 9.00. The maximum atomic E-state index is 9.00. The molecule has 1 aliphatic heterocycles. The summed E-state index contributed by atoms with van der Waals surface area (Å²) in [6, 6.07) is 21.7. The van der Waals surface area contributed by atoms with Crippen LogP contribution in [-0.2, 0) is 0 Å². The van der Waals surface area contributed by atoms with E-state index in [0.29, 0.717) is 12.6 Å². The zero-order valence-corrected chi connectivity index (χ0v) is 13.1. The highest BCUT2D eigenvalue weighted by Crippen LogP contribution is 2.35. The van der Waals surface area contributed by atoms with Crippen molar-refractivity contribution in [3.8, 4) is 0 Å². The number of hydrogen-bond acceptors (Lipinski definition) is 3. The van der Waals surface area contributed by atoms with Crippen molar-refractivity contribution in [2.45, 2.75) is 18.5 Å². The number of β-amino-alcohol motifs (C(OH)–C–C–N with tert-alkyl or cyclic N) is 1. The Morgan fingerprint density at radius 3 is 1.95 bits per heavy atom. The average molecular weight is 296 g/mol. The molecular formula is C19H24N2O. The maximum Gasteiger partial charge on any atom is 0.0603 e. The fourth-order valence-corrected chi connectivity index (χ4v) is 3.39. The molecule has 0 aliphatic carbocycles. The van der Waals surface area contributed by atoms with E-state index in [1.165, 1.54) is 11.1 Å². The monoisotopic (exact) mass is 296 g/mol. The van der Waals surface area contributed by atoms with Gasteiger partial charge in [0.05, 0.1) is 12.6 Å². The lowest BCUT2D eigenvalue weighted by atomic mass is 9.86. The summed E-state index contributed by atoms with van der Waals surface area (Å²) in [4.78, 5) is 2.50. The van der Waals surface area contributed by atoms with E-state index in [4.69, 9.17) is 5.11 Å². The Hall–Kier alpha value is -1.68. The predicted molar refractivity (Wildman–Crippen MR) is 89.8 cm³/mol. The van der Waals surface area contributed by atoms with E-state index in [-0.39, 0.29) is 12.1 Å². The molecule has 0 spiro atoms. The van der Waals surface area contributed by atoms with Crippen LogP contribution in [0.4, 0.5) is 0 Å². The number of aliphatic hydroxyl groups is 1. The van der Waals surface area contributed by atoms with Crippen LogP contribution in [0.5, 0.6) is 0 Å². The number of nitrogens with one attached hydrogen (secondary N) is 1. The molecule has 0 bridgehead atoms. The first-order valence-electron chi connectivity index (χ1n) is 7.92. The van der Waals surface area contributed by atoms with Gasteiger partial charge in [-0.1, -0.05) is 60.7 Å². The summed E-state index contributed by atoms with van der Waals surface area (Å²) in [7, 11) is 0. The van der Waals surface area contributed by atoms with E-state index >= 15 is 0 Å². The Labute approximate surface area is 132 Å². The largest absolute Gasteiger partial charge is 0.395 e. The lowest BCUT2D eigenvalue weighted by molar-refractivity contribution is 0.0262. The Kier molecular flexibility index (Phi) is 4.57. The van der Waals surface area contributed by atoms with Gasteiger partial charge in [0.15, 0.2) is 0 Å². The third kappa shape index (κ3) is 3.22.